The van der Waals surface area contributed by atoms with Crippen LogP contribution in [0.1, 0.15) is 16.7 Å². The molecule has 4 aromatic carbocycles. The molecule has 0 spiro atoms. The number of hydrogen-bond donors (Lipinski definition) is 1. The average Bonchev–Trinajstić information content (AvgIpc) is 2.95. The topological polar surface area (TPSA) is 75.7 Å². The van der Waals surface area contributed by atoms with E-state index in [1.54, 1.807) is 42.5 Å². The van der Waals surface area contributed by atoms with Crippen LogP contribution in [0, 0.1) is 5.82 Å². The van der Waals surface area contributed by atoms with E-state index in [0.717, 1.165) is 17.7 Å². The highest BCUT2D eigenvalue weighted by Gasteiger charge is 2.33. The van der Waals surface area contributed by atoms with Crippen molar-refractivity contribution in [3.8, 4) is 5.75 Å². The van der Waals surface area contributed by atoms with E-state index in [9.17, 15) is 30.8 Å². The van der Waals surface area contributed by atoms with Crippen molar-refractivity contribution in [3.63, 3.8) is 0 Å². The number of alkyl halides is 3. The Bertz CT molecular complexity index is 1540. The summed E-state index contributed by atoms with van der Waals surface area (Å²) in [4.78, 5) is 12.6. The number of ether oxygens (including phenoxy) is 1. The largest absolute Gasteiger partial charge is 0.489 e. The van der Waals surface area contributed by atoms with Gasteiger partial charge in [0.25, 0.3) is 10.0 Å². The fraction of sp³-hybridized carbons (Fsp3) is 0.138. The van der Waals surface area contributed by atoms with Crippen LogP contribution in [-0.2, 0) is 34.1 Å². The fourth-order valence-corrected chi connectivity index (χ4v) is 5.14. The molecule has 0 saturated heterocycles. The predicted octanol–water partition coefficient (Wildman–Crippen LogP) is 5.94. The van der Waals surface area contributed by atoms with Gasteiger partial charge in [-0.2, -0.15) is 13.2 Å². The lowest BCUT2D eigenvalue weighted by molar-refractivity contribution is -0.137. The second kappa shape index (κ2) is 12.2. The summed E-state index contributed by atoms with van der Waals surface area (Å²) in [6, 6.07) is 23.6. The van der Waals surface area contributed by atoms with Gasteiger partial charge < -0.3 is 10.1 Å². The second-order valence-electron chi connectivity index (χ2n) is 8.71. The van der Waals surface area contributed by atoms with Crippen LogP contribution in [-0.4, -0.2) is 20.9 Å². The third-order valence-electron chi connectivity index (χ3n) is 5.81. The van der Waals surface area contributed by atoms with Crippen LogP contribution in [0.3, 0.4) is 0 Å². The summed E-state index contributed by atoms with van der Waals surface area (Å²) in [6.45, 7) is -0.464. The molecule has 1 amide bonds. The van der Waals surface area contributed by atoms with Crippen LogP contribution in [0.5, 0.6) is 5.75 Å². The van der Waals surface area contributed by atoms with Crippen molar-refractivity contribution in [1.82, 2.24) is 5.32 Å². The molecule has 0 bridgehead atoms. The molecule has 0 heterocycles. The minimum absolute atomic E-state index is 0.0406. The molecule has 0 aliphatic rings. The van der Waals surface area contributed by atoms with Gasteiger partial charge in [-0.3, -0.25) is 9.10 Å². The highest BCUT2D eigenvalue weighted by Crippen LogP contribution is 2.33. The Balaban J connectivity index is 1.44. The molecule has 0 aliphatic heterocycles. The number of halogens is 4. The number of carbonyl (C=O) groups is 1. The van der Waals surface area contributed by atoms with Gasteiger partial charge >= 0.3 is 6.18 Å². The molecule has 0 aliphatic carbocycles. The maximum atomic E-state index is 13.4. The summed E-state index contributed by atoms with van der Waals surface area (Å²) in [5.41, 5.74) is 0.129. The van der Waals surface area contributed by atoms with E-state index in [1.165, 1.54) is 42.5 Å². The highest BCUT2D eigenvalue weighted by molar-refractivity contribution is 7.92. The minimum atomic E-state index is -4.70. The smallest absolute Gasteiger partial charge is 0.416 e. The first-order chi connectivity index (χ1) is 19.0. The van der Waals surface area contributed by atoms with Gasteiger partial charge in [0.1, 0.15) is 24.7 Å². The molecule has 4 rings (SSSR count). The Hall–Kier alpha value is -4.38. The van der Waals surface area contributed by atoms with Gasteiger partial charge in [-0.15, -0.1) is 0 Å². The second-order valence-corrected chi connectivity index (χ2v) is 10.6. The normalized spacial score (nSPS) is 11.6. The third-order valence-corrected chi connectivity index (χ3v) is 7.60. The minimum Gasteiger partial charge on any atom is -0.489 e. The molecule has 6 nitrogen and oxygen atoms in total. The fourth-order valence-electron chi connectivity index (χ4n) is 3.71. The first kappa shape index (κ1) is 28.6. The number of carbonyl (C=O) groups excluding carboxylic acids is 1. The molecule has 4 aromatic rings. The number of benzene rings is 4. The Morgan fingerprint density at radius 3 is 2.12 bits per heavy atom. The first-order valence-electron chi connectivity index (χ1n) is 12.0. The van der Waals surface area contributed by atoms with Gasteiger partial charge in [-0.05, 0) is 65.7 Å². The summed E-state index contributed by atoms with van der Waals surface area (Å²) in [7, 11) is -4.36. The molecule has 1 N–H and O–H groups in total. The summed E-state index contributed by atoms with van der Waals surface area (Å²) in [5.74, 6) is -0.511. The molecular weight excluding hydrogens is 548 g/mol. The number of anilines is 1. The zero-order valence-electron chi connectivity index (χ0n) is 20.9. The number of nitrogens with one attached hydrogen (secondary N) is 1. The molecule has 11 heteroatoms. The summed E-state index contributed by atoms with van der Waals surface area (Å²) in [6.07, 6.45) is -4.70. The van der Waals surface area contributed by atoms with Gasteiger partial charge in [0.2, 0.25) is 5.91 Å². The van der Waals surface area contributed by atoms with Crippen molar-refractivity contribution >= 4 is 21.6 Å². The average molecular weight is 573 g/mol. The van der Waals surface area contributed by atoms with Crippen molar-refractivity contribution in [1.29, 1.82) is 0 Å². The Morgan fingerprint density at radius 2 is 1.48 bits per heavy atom. The van der Waals surface area contributed by atoms with Gasteiger partial charge in [0.05, 0.1) is 16.1 Å². The first-order valence-corrected chi connectivity index (χ1v) is 13.4. The quantitative estimate of drug-likeness (QED) is 0.239. The lowest BCUT2D eigenvalue weighted by Crippen LogP contribution is -2.40. The molecule has 40 heavy (non-hydrogen) atoms. The molecule has 0 unspecified atom stereocenters. The number of sulfonamides is 1. The molecule has 0 saturated carbocycles. The van der Waals surface area contributed by atoms with Crippen molar-refractivity contribution in [2.45, 2.75) is 24.2 Å². The molecular formula is C29H24F4N2O4S. The zero-order chi connectivity index (χ0) is 28.8. The van der Waals surface area contributed by atoms with Gasteiger partial charge in [-0.25, -0.2) is 12.8 Å². The van der Waals surface area contributed by atoms with Crippen LogP contribution in [0.25, 0.3) is 0 Å². The van der Waals surface area contributed by atoms with Gasteiger partial charge in [0.15, 0.2) is 0 Å². The van der Waals surface area contributed by atoms with E-state index in [0.29, 0.717) is 21.7 Å². The number of hydrogen-bond acceptors (Lipinski definition) is 4. The van der Waals surface area contributed by atoms with Crippen LogP contribution in [0.4, 0.5) is 23.2 Å². The van der Waals surface area contributed by atoms with Crippen LogP contribution >= 0.6 is 0 Å². The number of rotatable bonds is 10. The third kappa shape index (κ3) is 7.38. The lowest BCUT2D eigenvalue weighted by Gasteiger charge is -2.25. The zero-order valence-corrected chi connectivity index (χ0v) is 21.8. The van der Waals surface area contributed by atoms with Gasteiger partial charge in [-0.1, -0.05) is 48.5 Å². The van der Waals surface area contributed by atoms with Crippen LogP contribution in [0.15, 0.2) is 108 Å². The van der Waals surface area contributed by atoms with E-state index < -0.39 is 34.2 Å². The summed E-state index contributed by atoms with van der Waals surface area (Å²) >= 11 is 0. The van der Waals surface area contributed by atoms with E-state index in [4.69, 9.17) is 4.74 Å². The Kier molecular flexibility index (Phi) is 8.73. The van der Waals surface area contributed by atoms with E-state index in [1.807, 2.05) is 0 Å². The van der Waals surface area contributed by atoms with Gasteiger partial charge in [0, 0.05) is 6.54 Å². The molecule has 0 atom stereocenters. The van der Waals surface area contributed by atoms with Crippen LogP contribution in [0.2, 0.25) is 0 Å². The Morgan fingerprint density at radius 1 is 0.825 bits per heavy atom. The summed E-state index contributed by atoms with van der Waals surface area (Å²) < 4.78 is 86.0. The number of amides is 1. The molecule has 0 aromatic heterocycles. The van der Waals surface area contributed by atoms with Crippen molar-refractivity contribution in [2.24, 2.45) is 0 Å². The molecule has 208 valence electrons. The monoisotopic (exact) mass is 572 g/mol. The Labute approximate surface area is 228 Å². The number of nitrogens with zero attached hydrogens (tertiary/aromatic N) is 1. The maximum absolute atomic E-state index is 13.4. The van der Waals surface area contributed by atoms with Crippen molar-refractivity contribution in [3.05, 3.63) is 126 Å². The van der Waals surface area contributed by atoms with E-state index >= 15 is 0 Å². The van der Waals surface area contributed by atoms with Crippen LogP contribution < -0.4 is 14.4 Å². The standard InChI is InChI=1S/C29H24F4N2O4S/c30-24-13-9-22(10-14-24)20-39-26-15-11-21(12-16-26)18-34-28(36)19-35(40(37,38)27-7-2-1-3-8-27)25-6-4-5-23(17-25)29(31,32)33/h1-17H,18-20H2,(H,34,36). The highest BCUT2D eigenvalue weighted by atomic mass is 32.2. The maximum Gasteiger partial charge on any atom is 0.416 e. The SMILES string of the molecule is O=C(CN(c1cccc(C(F)(F)F)c1)S(=O)(=O)c1ccccc1)NCc1ccc(OCc2ccc(F)cc2)cc1. The van der Waals surface area contributed by atoms with Crippen molar-refractivity contribution < 1.29 is 35.5 Å². The van der Waals surface area contributed by atoms with E-state index in [2.05, 4.69) is 5.32 Å². The summed E-state index contributed by atoms with van der Waals surface area (Å²) in [5, 5.41) is 2.61. The predicted molar refractivity (Wildman–Crippen MR) is 141 cm³/mol. The van der Waals surface area contributed by atoms with E-state index in [-0.39, 0.29) is 29.6 Å². The lowest BCUT2D eigenvalue weighted by atomic mass is 10.2. The van der Waals surface area contributed by atoms with Crippen molar-refractivity contribution in [2.75, 3.05) is 10.8 Å². The molecule has 0 fully saturated rings. The molecule has 0 radical (unpaired) electrons.